The fourth-order valence-electron chi connectivity index (χ4n) is 1.92. The monoisotopic (exact) mass is 263 g/mol. The molecule has 0 saturated carbocycles. The Hall–Kier alpha value is -2.11. The predicted octanol–water partition coefficient (Wildman–Crippen LogP) is 2.38. The first-order valence-electron chi connectivity index (χ1n) is 6.40. The van der Waals surface area contributed by atoms with Gasteiger partial charge in [0, 0.05) is 6.54 Å². The molecule has 2 heterocycles. The van der Waals surface area contributed by atoms with Crippen LogP contribution in [0.15, 0.2) is 10.5 Å². The lowest BCUT2D eigenvalue weighted by atomic mass is 10.3. The summed E-state index contributed by atoms with van der Waals surface area (Å²) in [5, 5.41) is 13.5. The highest BCUT2D eigenvalue weighted by molar-refractivity contribution is 5.86. The zero-order chi connectivity index (χ0) is 14.0. The summed E-state index contributed by atoms with van der Waals surface area (Å²) < 4.78 is 7.16. The average Bonchev–Trinajstić information content (AvgIpc) is 3.01. The van der Waals surface area contributed by atoms with Crippen molar-refractivity contribution in [2.24, 2.45) is 0 Å². The van der Waals surface area contributed by atoms with Gasteiger partial charge in [-0.25, -0.2) is 9.78 Å². The molecule has 0 aliphatic heterocycles. The molecule has 2 aromatic rings. The van der Waals surface area contributed by atoms with E-state index in [0.29, 0.717) is 24.6 Å². The van der Waals surface area contributed by atoms with Crippen molar-refractivity contribution in [3.8, 4) is 11.6 Å². The third-order valence-corrected chi connectivity index (χ3v) is 2.94. The standard InChI is InChI=1S/C13H17N3O3/c1-4-8-7-10(16(6-3)15-8)12-14-9(5-2)11(19-12)13(17)18/h7H,4-6H2,1-3H3,(H,17,18). The van der Waals surface area contributed by atoms with Gasteiger partial charge < -0.3 is 9.52 Å². The molecule has 0 fully saturated rings. The van der Waals surface area contributed by atoms with Crippen molar-refractivity contribution in [2.45, 2.75) is 40.2 Å². The molecule has 1 N–H and O–H groups in total. The highest BCUT2D eigenvalue weighted by atomic mass is 16.4. The molecule has 6 heteroatoms. The van der Waals surface area contributed by atoms with Gasteiger partial charge in [-0.15, -0.1) is 0 Å². The molecule has 0 bridgehead atoms. The smallest absolute Gasteiger partial charge is 0.373 e. The highest BCUT2D eigenvalue weighted by Crippen LogP contribution is 2.24. The van der Waals surface area contributed by atoms with Crippen LogP contribution in [0.4, 0.5) is 0 Å². The van der Waals surface area contributed by atoms with Crippen LogP contribution in [-0.4, -0.2) is 25.8 Å². The first kappa shape index (κ1) is 13.3. The van der Waals surface area contributed by atoms with E-state index in [9.17, 15) is 4.79 Å². The molecular weight excluding hydrogens is 246 g/mol. The molecule has 0 atom stereocenters. The summed E-state index contributed by atoms with van der Waals surface area (Å²) in [6, 6.07) is 1.89. The van der Waals surface area contributed by atoms with Gasteiger partial charge in [-0.1, -0.05) is 13.8 Å². The molecule has 0 saturated heterocycles. The molecule has 6 nitrogen and oxygen atoms in total. The van der Waals surface area contributed by atoms with E-state index in [2.05, 4.69) is 10.1 Å². The van der Waals surface area contributed by atoms with Crippen LogP contribution < -0.4 is 0 Å². The summed E-state index contributed by atoms with van der Waals surface area (Å²) in [6.45, 7) is 6.52. The number of carbonyl (C=O) groups is 1. The molecule has 0 aliphatic rings. The maximum Gasteiger partial charge on any atom is 0.373 e. The van der Waals surface area contributed by atoms with Crippen molar-refractivity contribution in [1.82, 2.24) is 14.8 Å². The predicted molar refractivity (Wildman–Crippen MR) is 69.1 cm³/mol. The van der Waals surface area contributed by atoms with Gasteiger partial charge in [0.05, 0.1) is 11.4 Å². The van der Waals surface area contributed by atoms with Crippen LogP contribution in [0, 0.1) is 0 Å². The van der Waals surface area contributed by atoms with Gasteiger partial charge in [0.1, 0.15) is 5.69 Å². The molecule has 0 spiro atoms. The number of hydrogen-bond acceptors (Lipinski definition) is 4. The number of nitrogens with zero attached hydrogens (tertiary/aromatic N) is 3. The van der Waals surface area contributed by atoms with E-state index in [1.165, 1.54) is 0 Å². The Kier molecular flexibility index (Phi) is 3.69. The Morgan fingerprint density at radius 1 is 1.37 bits per heavy atom. The molecule has 2 aromatic heterocycles. The number of aromatic nitrogens is 3. The molecule has 0 amide bonds. The minimum absolute atomic E-state index is 0.0839. The number of oxazole rings is 1. The zero-order valence-electron chi connectivity index (χ0n) is 11.3. The number of aryl methyl sites for hydroxylation is 3. The van der Waals surface area contributed by atoms with Gasteiger partial charge in [-0.05, 0) is 25.8 Å². The summed E-state index contributed by atoms with van der Waals surface area (Å²) in [5.41, 5.74) is 2.12. The summed E-state index contributed by atoms with van der Waals surface area (Å²) in [5.74, 6) is -0.850. The molecule has 0 aliphatic carbocycles. The normalized spacial score (nSPS) is 10.9. The Morgan fingerprint density at radius 2 is 2.11 bits per heavy atom. The summed E-state index contributed by atoms with van der Waals surface area (Å²) in [6.07, 6.45) is 1.33. The molecule has 0 aromatic carbocycles. The maximum atomic E-state index is 11.1. The van der Waals surface area contributed by atoms with Gasteiger partial charge >= 0.3 is 5.97 Å². The minimum atomic E-state index is -1.09. The number of hydrogen-bond donors (Lipinski definition) is 1. The second-order valence-electron chi connectivity index (χ2n) is 4.14. The van der Waals surface area contributed by atoms with Gasteiger partial charge in [0.15, 0.2) is 0 Å². The van der Waals surface area contributed by atoms with Gasteiger partial charge in [0.2, 0.25) is 11.7 Å². The largest absolute Gasteiger partial charge is 0.475 e. The van der Waals surface area contributed by atoms with Crippen LogP contribution >= 0.6 is 0 Å². The lowest BCUT2D eigenvalue weighted by Gasteiger charge is -1.99. The van der Waals surface area contributed by atoms with E-state index < -0.39 is 5.97 Å². The van der Waals surface area contributed by atoms with Crippen molar-refractivity contribution >= 4 is 5.97 Å². The zero-order valence-corrected chi connectivity index (χ0v) is 11.3. The van der Waals surface area contributed by atoms with Crippen LogP contribution in [0.3, 0.4) is 0 Å². The average molecular weight is 263 g/mol. The second kappa shape index (κ2) is 5.26. The molecular formula is C13H17N3O3. The van der Waals surface area contributed by atoms with E-state index >= 15 is 0 Å². The SMILES string of the molecule is CCc1cc(-c2nc(CC)c(C(=O)O)o2)n(CC)n1. The maximum absolute atomic E-state index is 11.1. The number of carboxylic acid groups (broad SMARTS) is 1. The van der Waals surface area contributed by atoms with Crippen molar-refractivity contribution in [1.29, 1.82) is 0 Å². The third-order valence-electron chi connectivity index (χ3n) is 2.94. The molecule has 19 heavy (non-hydrogen) atoms. The van der Waals surface area contributed by atoms with E-state index in [1.54, 1.807) is 4.68 Å². The molecule has 0 unspecified atom stereocenters. The van der Waals surface area contributed by atoms with Crippen molar-refractivity contribution in [2.75, 3.05) is 0 Å². The fourth-order valence-corrected chi connectivity index (χ4v) is 1.92. The van der Waals surface area contributed by atoms with Gasteiger partial charge in [-0.3, -0.25) is 4.68 Å². The van der Waals surface area contributed by atoms with E-state index in [4.69, 9.17) is 9.52 Å². The molecule has 0 radical (unpaired) electrons. The number of aromatic carboxylic acids is 1. The number of rotatable bonds is 5. The van der Waals surface area contributed by atoms with Crippen molar-refractivity contribution in [3.63, 3.8) is 0 Å². The lowest BCUT2D eigenvalue weighted by molar-refractivity contribution is 0.0661. The summed E-state index contributed by atoms with van der Waals surface area (Å²) in [4.78, 5) is 15.4. The van der Waals surface area contributed by atoms with Crippen LogP contribution in [0.5, 0.6) is 0 Å². The molecule has 2 rings (SSSR count). The Labute approximate surface area is 111 Å². The first-order chi connectivity index (χ1) is 9.10. The highest BCUT2D eigenvalue weighted by Gasteiger charge is 2.21. The van der Waals surface area contributed by atoms with E-state index in [1.807, 2.05) is 26.8 Å². The third kappa shape index (κ3) is 2.38. The summed E-state index contributed by atoms with van der Waals surface area (Å²) in [7, 11) is 0. The Morgan fingerprint density at radius 3 is 2.58 bits per heavy atom. The van der Waals surface area contributed by atoms with Crippen LogP contribution in [-0.2, 0) is 19.4 Å². The topological polar surface area (TPSA) is 81.1 Å². The number of carboxylic acids is 1. The van der Waals surface area contributed by atoms with E-state index in [-0.39, 0.29) is 5.76 Å². The van der Waals surface area contributed by atoms with Crippen LogP contribution in [0.2, 0.25) is 0 Å². The Balaban J connectivity index is 2.52. The van der Waals surface area contributed by atoms with E-state index in [0.717, 1.165) is 17.8 Å². The van der Waals surface area contributed by atoms with Crippen molar-refractivity contribution < 1.29 is 14.3 Å². The second-order valence-corrected chi connectivity index (χ2v) is 4.14. The first-order valence-corrected chi connectivity index (χ1v) is 6.40. The Bertz CT molecular complexity index is 598. The van der Waals surface area contributed by atoms with Crippen LogP contribution in [0.1, 0.15) is 42.7 Å². The van der Waals surface area contributed by atoms with Gasteiger partial charge in [0.25, 0.3) is 0 Å². The van der Waals surface area contributed by atoms with Crippen molar-refractivity contribution in [3.05, 3.63) is 23.2 Å². The summed E-state index contributed by atoms with van der Waals surface area (Å²) >= 11 is 0. The quantitative estimate of drug-likeness (QED) is 0.895. The minimum Gasteiger partial charge on any atom is -0.475 e. The molecule has 102 valence electrons. The lowest BCUT2D eigenvalue weighted by Crippen LogP contribution is -1.99. The van der Waals surface area contributed by atoms with Gasteiger partial charge in [-0.2, -0.15) is 5.10 Å². The fraction of sp³-hybridized carbons (Fsp3) is 0.462. The van der Waals surface area contributed by atoms with Crippen LogP contribution in [0.25, 0.3) is 11.6 Å².